The van der Waals surface area contributed by atoms with Gasteiger partial charge in [0.05, 0.1) is 4.92 Å². The minimum absolute atomic E-state index is 0.111. The van der Waals surface area contributed by atoms with Crippen molar-refractivity contribution in [1.29, 1.82) is 0 Å². The molecule has 16 heavy (non-hydrogen) atoms. The molecule has 3 nitrogen and oxygen atoms in total. The maximum Gasteiger partial charge on any atom is 0.249 e. The van der Waals surface area contributed by atoms with Gasteiger partial charge in [0.1, 0.15) is 0 Å². The summed E-state index contributed by atoms with van der Waals surface area (Å²) in [4.78, 5) is 10.1. The molecule has 5 heteroatoms. The molecule has 0 saturated carbocycles. The van der Waals surface area contributed by atoms with E-state index in [0.717, 1.165) is 12.1 Å². The summed E-state index contributed by atoms with van der Waals surface area (Å²) in [5.41, 5.74) is -0.259. The van der Waals surface area contributed by atoms with Crippen LogP contribution in [0.15, 0.2) is 23.9 Å². The third-order valence-corrected chi connectivity index (χ3v) is 2.09. The smallest absolute Gasteiger partial charge is 0.249 e. The molecule has 0 atom stereocenters. The van der Waals surface area contributed by atoms with Crippen molar-refractivity contribution in [3.05, 3.63) is 51.2 Å². The lowest BCUT2D eigenvalue weighted by molar-refractivity contribution is -0.431. The second kappa shape index (κ2) is 4.83. The first-order valence-corrected chi connectivity index (χ1v) is 4.73. The Morgan fingerprint density at radius 1 is 1.44 bits per heavy atom. The Morgan fingerprint density at radius 3 is 2.56 bits per heavy atom. The molecular weight excluding hydrogens is 216 g/mol. The lowest BCUT2D eigenvalue weighted by atomic mass is 10.1. The first kappa shape index (κ1) is 12.3. The Kier molecular flexibility index (Phi) is 3.71. The van der Waals surface area contributed by atoms with Crippen molar-refractivity contribution < 1.29 is 13.7 Å². The van der Waals surface area contributed by atoms with Crippen molar-refractivity contribution in [3.63, 3.8) is 0 Å². The maximum absolute atomic E-state index is 13.2. The minimum atomic E-state index is -1.07. The molecule has 1 rings (SSSR count). The summed E-state index contributed by atoms with van der Waals surface area (Å²) in [6, 6.07) is 3.57. The van der Waals surface area contributed by atoms with E-state index < -0.39 is 16.6 Å². The molecule has 0 unspecified atom stereocenters. The molecule has 0 heterocycles. The summed E-state index contributed by atoms with van der Waals surface area (Å²) in [6.45, 7) is 3.23. The largest absolute Gasteiger partial charge is 0.259 e. The molecule has 86 valence electrons. The van der Waals surface area contributed by atoms with Crippen LogP contribution >= 0.6 is 0 Å². The van der Waals surface area contributed by atoms with E-state index in [4.69, 9.17) is 0 Å². The molecule has 1 aromatic rings. The molecule has 0 aliphatic carbocycles. The van der Waals surface area contributed by atoms with Gasteiger partial charge in [-0.25, -0.2) is 8.78 Å². The van der Waals surface area contributed by atoms with Gasteiger partial charge in [0.15, 0.2) is 11.6 Å². The van der Waals surface area contributed by atoms with E-state index in [1.807, 2.05) is 0 Å². The van der Waals surface area contributed by atoms with Crippen LogP contribution in [0.25, 0.3) is 6.08 Å². The lowest BCUT2D eigenvalue weighted by Gasteiger charge is -2.03. The van der Waals surface area contributed by atoms with Crippen molar-refractivity contribution >= 4 is 6.08 Å². The average molecular weight is 227 g/mol. The number of rotatable bonds is 3. The van der Waals surface area contributed by atoms with Crippen molar-refractivity contribution in [2.24, 2.45) is 5.92 Å². The number of nitro groups is 1. The normalized spacial score (nSPS) is 11.9. The number of hydrogen-bond donors (Lipinski definition) is 0. The van der Waals surface area contributed by atoms with Gasteiger partial charge in [-0.3, -0.25) is 10.1 Å². The third kappa shape index (κ3) is 2.62. The van der Waals surface area contributed by atoms with Crippen LogP contribution in [-0.4, -0.2) is 4.92 Å². The molecule has 0 aliphatic rings. The highest BCUT2D eigenvalue weighted by Crippen LogP contribution is 2.19. The summed E-state index contributed by atoms with van der Waals surface area (Å²) >= 11 is 0. The summed E-state index contributed by atoms with van der Waals surface area (Å²) in [5, 5.41) is 10.7. The zero-order valence-corrected chi connectivity index (χ0v) is 8.91. The van der Waals surface area contributed by atoms with Gasteiger partial charge >= 0.3 is 0 Å². The Balaban J connectivity index is 3.23. The predicted molar refractivity (Wildman–Crippen MR) is 56.2 cm³/mol. The Labute approximate surface area is 91.6 Å². The average Bonchev–Trinajstić information content (AvgIpc) is 2.19. The van der Waals surface area contributed by atoms with E-state index in [1.165, 1.54) is 12.1 Å². The van der Waals surface area contributed by atoms with Gasteiger partial charge in [0.2, 0.25) is 5.70 Å². The maximum atomic E-state index is 13.2. The summed E-state index contributed by atoms with van der Waals surface area (Å²) in [6.07, 6.45) is 1.06. The van der Waals surface area contributed by atoms with Crippen molar-refractivity contribution in [1.82, 2.24) is 0 Å². The van der Waals surface area contributed by atoms with Gasteiger partial charge in [-0.1, -0.05) is 26.0 Å². The van der Waals surface area contributed by atoms with E-state index >= 15 is 0 Å². The zero-order chi connectivity index (χ0) is 12.3. The van der Waals surface area contributed by atoms with E-state index in [9.17, 15) is 18.9 Å². The molecule has 0 fully saturated rings. The molecule has 0 spiro atoms. The van der Waals surface area contributed by atoms with Crippen LogP contribution in [0.5, 0.6) is 0 Å². The summed E-state index contributed by atoms with van der Waals surface area (Å²) in [7, 11) is 0. The van der Waals surface area contributed by atoms with Gasteiger partial charge in [-0.15, -0.1) is 0 Å². The summed E-state index contributed by atoms with van der Waals surface area (Å²) in [5.74, 6) is -2.44. The molecular formula is C11H11F2NO2. The first-order valence-electron chi connectivity index (χ1n) is 4.73. The van der Waals surface area contributed by atoms with Gasteiger partial charge in [0, 0.05) is 17.6 Å². The second-order valence-electron chi connectivity index (χ2n) is 3.62. The fourth-order valence-electron chi connectivity index (χ4n) is 1.22. The number of allylic oxidation sites excluding steroid dienone is 1. The van der Waals surface area contributed by atoms with Crippen LogP contribution in [0.3, 0.4) is 0 Å². The van der Waals surface area contributed by atoms with Crippen LogP contribution in [0.1, 0.15) is 19.4 Å². The first-order chi connectivity index (χ1) is 7.43. The van der Waals surface area contributed by atoms with Crippen molar-refractivity contribution in [2.75, 3.05) is 0 Å². The second-order valence-corrected chi connectivity index (χ2v) is 3.62. The highest BCUT2D eigenvalue weighted by atomic mass is 19.2. The lowest BCUT2D eigenvalue weighted by Crippen LogP contribution is -2.05. The molecule has 0 amide bonds. The zero-order valence-electron chi connectivity index (χ0n) is 8.91. The highest BCUT2D eigenvalue weighted by Gasteiger charge is 2.17. The van der Waals surface area contributed by atoms with Gasteiger partial charge in [-0.2, -0.15) is 0 Å². The van der Waals surface area contributed by atoms with Crippen LogP contribution in [0.2, 0.25) is 0 Å². The Morgan fingerprint density at radius 2 is 2.06 bits per heavy atom. The van der Waals surface area contributed by atoms with E-state index in [0.29, 0.717) is 0 Å². The number of hydrogen-bond acceptors (Lipinski definition) is 2. The van der Waals surface area contributed by atoms with Crippen LogP contribution < -0.4 is 0 Å². The quantitative estimate of drug-likeness (QED) is 0.587. The topological polar surface area (TPSA) is 43.1 Å². The molecule has 0 aromatic heterocycles. The monoisotopic (exact) mass is 227 g/mol. The van der Waals surface area contributed by atoms with Crippen molar-refractivity contribution in [2.45, 2.75) is 13.8 Å². The molecule has 0 aliphatic heterocycles. The van der Waals surface area contributed by atoms with Crippen LogP contribution in [-0.2, 0) is 0 Å². The number of halogens is 2. The Bertz CT molecular complexity index is 442. The van der Waals surface area contributed by atoms with Crippen LogP contribution in [0.4, 0.5) is 8.78 Å². The minimum Gasteiger partial charge on any atom is -0.259 e. The fourth-order valence-corrected chi connectivity index (χ4v) is 1.22. The van der Waals surface area contributed by atoms with Gasteiger partial charge in [0.25, 0.3) is 0 Å². The number of nitrogens with zero attached hydrogens (tertiary/aromatic N) is 1. The van der Waals surface area contributed by atoms with E-state index in [1.54, 1.807) is 13.8 Å². The molecule has 0 saturated heterocycles. The predicted octanol–water partition coefficient (Wildman–Crippen LogP) is 3.24. The molecule has 0 N–H and O–H groups in total. The molecule has 1 aromatic carbocycles. The molecule has 0 bridgehead atoms. The van der Waals surface area contributed by atoms with Crippen molar-refractivity contribution in [3.8, 4) is 0 Å². The van der Waals surface area contributed by atoms with Gasteiger partial charge < -0.3 is 0 Å². The number of benzene rings is 1. The molecule has 0 radical (unpaired) electrons. The fraction of sp³-hybridized carbons (Fsp3) is 0.273. The van der Waals surface area contributed by atoms with Gasteiger partial charge in [-0.05, 0) is 6.07 Å². The third-order valence-electron chi connectivity index (χ3n) is 2.09. The Hall–Kier alpha value is -1.78. The van der Waals surface area contributed by atoms with Crippen LogP contribution in [0, 0.1) is 27.7 Å². The standard InChI is InChI=1S/C11H11F2NO2/c1-7(2)10(14(15)16)6-8-4-3-5-9(12)11(8)13/h3-7H,1-2H3/b10-6-. The van der Waals surface area contributed by atoms with E-state index in [2.05, 4.69) is 0 Å². The van der Waals surface area contributed by atoms with E-state index in [-0.39, 0.29) is 17.2 Å². The summed E-state index contributed by atoms with van der Waals surface area (Å²) < 4.78 is 26.1. The SMILES string of the molecule is CC(C)/C(=C/c1cccc(F)c1F)[N+](=O)[O-]. The highest BCUT2D eigenvalue weighted by molar-refractivity contribution is 5.52.